The molecule has 0 saturated heterocycles. The van der Waals surface area contributed by atoms with Crippen molar-refractivity contribution in [2.24, 2.45) is 0 Å². The van der Waals surface area contributed by atoms with E-state index in [1.165, 1.54) is 0 Å². The SMILES string of the molecule is C1=C[CH]2[Sn]3[CH]=C[CH](C=[CH]3)[Sn]2[CH]=C1.C[Si](C)C.C[Si](C)C. The van der Waals surface area contributed by atoms with Gasteiger partial charge < -0.3 is 0 Å². The van der Waals surface area contributed by atoms with E-state index in [0.717, 1.165) is 5.88 Å². The molecule has 108 valence electrons. The Morgan fingerprint density at radius 3 is 1.65 bits per heavy atom. The Bertz CT molecular complexity index is 342. The minimum absolute atomic E-state index is 0.120. The third-order valence-corrected chi connectivity index (χ3v) is 29.0. The smallest absolute Gasteiger partial charge is 0.0379 e. The fourth-order valence-corrected chi connectivity index (χ4v) is 34.0. The van der Waals surface area contributed by atoms with Crippen LogP contribution >= 0.6 is 0 Å². The molecule has 0 aromatic rings. The van der Waals surface area contributed by atoms with Gasteiger partial charge in [-0.05, 0) is 0 Å². The van der Waals surface area contributed by atoms with Crippen LogP contribution in [0.25, 0.3) is 0 Å². The number of hydrogen-bond acceptors (Lipinski definition) is 0. The van der Waals surface area contributed by atoms with Crippen LogP contribution in [0.15, 0.2) is 42.7 Å². The Kier molecular flexibility index (Phi) is 9.42. The van der Waals surface area contributed by atoms with Crippen molar-refractivity contribution in [3.63, 3.8) is 0 Å². The predicted octanol–water partition coefficient (Wildman–Crippen LogP) is 4.88. The summed E-state index contributed by atoms with van der Waals surface area (Å²) in [5.74, 6) is 0. The summed E-state index contributed by atoms with van der Waals surface area (Å²) in [5, 5.41) is 0. The van der Waals surface area contributed by atoms with Crippen LogP contribution in [0.5, 0.6) is 0 Å². The Labute approximate surface area is 143 Å². The molecule has 0 nitrogen and oxygen atoms in total. The van der Waals surface area contributed by atoms with Crippen molar-refractivity contribution in [3.05, 3.63) is 42.7 Å². The molecule has 0 aromatic carbocycles. The van der Waals surface area contributed by atoms with Crippen LogP contribution in [0.1, 0.15) is 0 Å². The average Bonchev–Trinajstić information content (AvgIpc) is 2.39. The second-order valence-electron chi connectivity index (χ2n) is 6.47. The van der Waals surface area contributed by atoms with Gasteiger partial charge in [-0.15, -0.1) is 0 Å². The molecule has 4 aliphatic rings. The van der Waals surface area contributed by atoms with Crippen molar-refractivity contribution in [3.8, 4) is 0 Å². The normalized spacial score (nSPS) is 26.2. The minimum Gasteiger partial charge on any atom is -0.0715 e. The molecule has 4 radical (unpaired) electrons. The molecule has 4 heteroatoms. The van der Waals surface area contributed by atoms with Gasteiger partial charge in [-0.3, -0.25) is 0 Å². The van der Waals surface area contributed by atoms with Crippen LogP contribution in [0.3, 0.4) is 0 Å². The summed E-state index contributed by atoms with van der Waals surface area (Å²) in [4.78, 5) is 0. The Balaban J connectivity index is 0.000000212. The molecule has 0 saturated carbocycles. The number of hydrogen-bond donors (Lipinski definition) is 0. The summed E-state index contributed by atoms with van der Waals surface area (Å²) < 4.78 is 9.86. The molecule has 4 heterocycles. The van der Waals surface area contributed by atoms with Gasteiger partial charge in [0.15, 0.2) is 0 Å². The zero-order chi connectivity index (χ0) is 15.1. The van der Waals surface area contributed by atoms with Gasteiger partial charge in [0.1, 0.15) is 0 Å². The van der Waals surface area contributed by atoms with E-state index < -0.39 is 39.5 Å². The van der Waals surface area contributed by atoms with Gasteiger partial charge in [-0.2, -0.15) is 0 Å². The quantitative estimate of drug-likeness (QED) is 0.405. The largest absolute Gasteiger partial charge is 0.0715 e. The fourth-order valence-electron chi connectivity index (χ4n) is 2.16. The summed E-state index contributed by atoms with van der Waals surface area (Å²) in [5.41, 5.74) is 0. The van der Waals surface area contributed by atoms with Gasteiger partial charge in [0.25, 0.3) is 0 Å². The van der Waals surface area contributed by atoms with Crippen molar-refractivity contribution in [2.45, 2.75) is 45.2 Å². The summed E-state index contributed by atoms with van der Waals surface area (Å²) in [6, 6.07) is 0. The van der Waals surface area contributed by atoms with E-state index in [2.05, 4.69) is 81.9 Å². The molecule has 1 atom stereocenters. The molecule has 4 rings (SSSR count). The first-order chi connectivity index (χ1) is 9.41. The minimum atomic E-state index is -1.15. The van der Waals surface area contributed by atoms with Crippen molar-refractivity contribution < 1.29 is 0 Å². The van der Waals surface area contributed by atoms with Crippen molar-refractivity contribution in [2.75, 3.05) is 0 Å². The molecule has 0 aromatic heterocycles. The molecule has 0 spiro atoms. The van der Waals surface area contributed by atoms with Crippen LogP contribution < -0.4 is 0 Å². The summed E-state index contributed by atoms with van der Waals surface area (Å²) in [6.45, 7) is 13.6. The van der Waals surface area contributed by atoms with Crippen molar-refractivity contribution >= 4 is 57.1 Å². The Morgan fingerprint density at radius 1 is 0.700 bits per heavy atom. The Hall–Kier alpha value is 0.991. The third-order valence-electron chi connectivity index (χ3n) is 2.80. The van der Waals surface area contributed by atoms with Crippen molar-refractivity contribution in [1.82, 2.24) is 0 Å². The molecule has 20 heavy (non-hydrogen) atoms. The molecule has 0 amide bonds. The summed E-state index contributed by atoms with van der Waals surface area (Å²) >= 11 is -2.28. The van der Waals surface area contributed by atoms with Gasteiger partial charge >= 0.3 is 88.1 Å². The summed E-state index contributed by atoms with van der Waals surface area (Å²) in [7, 11) is 0.241. The van der Waals surface area contributed by atoms with Gasteiger partial charge in [0, 0.05) is 17.6 Å². The molecule has 4 aliphatic heterocycles. The summed E-state index contributed by atoms with van der Waals surface area (Å²) in [6.07, 6.45) is 12.2. The van der Waals surface area contributed by atoms with Crippen LogP contribution in [0, 0.1) is 0 Å². The van der Waals surface area contributed by atoms with E-state index in [9.17, 15) is 0 Å². The maximum absolute atomic E-state index is 2.60. The van der Waals surface area contributed by atoms with E-state index in [4.69, 9.17) is 0 Å². The number of allylic oxidation sites excluding steroid dienone is 5. The van der Waals surface area contributed by atoms with Gasteiger partial charge in [0.2, 0.25) is 0 Å². The van der Waals surface area contributed by atoms with E-state index in [-0.39, 0.29) is 17.6 Å². The predicted molar refractivity (Wildman–Crippen MR) is 102 cm³/mol. The van der Waals surface area contributed by atoms with E-state index in [1.807, 2.05) is 0 Å². The monoisotopic (exact) mass is 516 g/mol. The first-order valence-electron chi connectivity index (χ1n) is 7.40. The van der Waals surface area contributed by atoms with Gasteiger partial charge in [-0.1, -0.05) is 39.3 Å². The van der Waals surface area contributed by atoms with E-state index >= 15 is 0 Å². The molecule has 0 N–H and O–H groups in total. The van der Waals surface area contributed by atoms with Crippen LogP contribution in [-0.2, 0) is 0 Å². The molecule has 1 unspecified atom stereocenters. The molecular formula is C16H28Si2Sn2. The average molecular weight is 514 g/mol. The van der Waals surface area contributed by atoms with Crippen molar-refractivity contribution in [1.29, 1.82) is 0 Å². The fraction of sp³-hybridized carbons (Fsp3) is 0.500. The maximum atomic E-state index is 2.60. The van der Waals surface area contributed by atoms with Crippen LogP contribution in [0.2, 0.25) is 45.2 Å². The van der Waals surface area contributed by atoms with E-state index in [0.29, 0.717) is 0 Å². The first-order valence-corrected chi connectivity index (χ1v) is 23.3. The van der Waals surface area contributed by atoms with Crippen LogP contribution in [-0.4, -0.2) is 57.1 Å². The molecule has 0 fully saturated rings. The topological polar surface area (TPSA) is 0 Å². The standard InChI is InChI=1S/2C5H5.2C3H9Si.2Sn/c2*1-3-5-4-2;2*1-4(2)3;;/h2*1-5H;2*1-3H3;;. The number of rotatable bonds is 0. The second kappa shape index (κ2) is 9.90. The van der Waals surface area contributed by atoms with Gasteiger partial charge in [0.05, 0.1) is 0 Å². The Morgan fingerprint density at radius 2 is 1.20 bits per heavy atom. The third kappa shape index (κ3) is 6.83. The van der Waals surface area contributed by atoms with Gasteiger partial charge in [-0.25, -0.2) is 0 Å². The van der Waals surface area contributed by atoms with Crippen LogP contribution in [0.4, 0.5) is 0 Å². The molecule has 0 aliphatic carbocycles. The molecular weight excluding hydrogens is 486 g/mol. The zero-order valence-electron chi connectivity index (χ0n) is 13.8. The van der Waals surface area contributed by atoms with E-state index in [1.54, 1.807) is 0 Å². The molecule has 2 bridgehead atoms. The maximum Gasteiger partial charge on any atom is 0.0379 e. The zero-order valence-corrected chi connectivity index (χ0v) is 21.5. The first kappa shape index (κ1) is 19.0. The second-order valence-corrected chi connectivity index (χ2v) is 31.2.